The lowest BCUT2D eigenvalue weighted by molar-refractivity contribution is -0.125. The fraction of sp³-hybridized carbons (Fsp3) is 0.435. The molecular weight excluding hydrogens is 364 g/mol. The highest BCUT2D eigenvalue weighted by Gasteiger charge is 2.29. The molecule has 0 saturated carbocycles. The van der Waals surface area contributed by atoms with E-state index in [0.717, 1.165) is 47.5 Å². The predicted octanol–water partition coefficient (Wildman–Crippen LogP) is 3.99. The molecule has 1 aromatic carbocycles. The Balaban J connectivity index is 1.50. The van der Waals surface area contributed by atoms with Crippen LogP contribution in [-0.4, -0.2) is 29.0 Å². The third-order valence-corrected chi connectivity index (χ3v) is 5.80. The van der Waals surface area contributed by atoms with Gasteiger partial charge in [-0.25, -0.2) is 4.98 Å². The number of hydrogen-bond donors (Lipinski definition) is 1. The standard InChI is InChI=1S/C23H28N4O2/c1-14-7-9-18(10-8-14)12-24-22(28)19-6-5-11-27(13-19)21-20-15(2)16(3)29-23(20)26-17(4)25-21/h7-10,19H,5-6,11-13H2,1-4H3,(H,24,28)/t19-/m1/s1. The van der Waals surface area contributed by atoms with Crippen LogP contribution >= 0.6 is 0 Å². The highest BCUT2D eigenvalue weighted by Crippen LogP contribution is 2.33. The number of carbonyl (C=O) groups is 1. The molecular formula is C23H28N4O2. The monoisotopic (exact) mass is 392 g/mol. The summed E-state index contributed by atoms with van der Waals surface area (Å²) < 4.78 is 5.82. The lowest BCUT2D eigenvalue weighted by Gasteiger charge is -2.33. The Bertz CT molecular complexity index is 1040. The third-order valence-electron chi connectivity index (χ3n) is 5.80. The van der Waals surface area contributed by atoms with E-state index in [0.29, 0.717) is 24.6 Å². The Kier molecular flexibility index (Phi) is 5.26. The quantitative estimate of drug-likeness (QED) is 0.727. The first-order chi connectivity index (χ1) is 13.9. The van der Waals surface area contributed by atoms with Gasteiger partial charge in [0.15, 0.2) is 0 Å². The van der Waals surface area contributed by atoms with E-state index in [1.54, 1.807) is 0 Å². The SMILES string of the molecule is Cc1ccc(CNC(=O)[C@@H]2CCCN(c3nc(C)nc4oc(C)c(C)c34)C2)cc1. The van der Waals surface area contributed by atoms with Crippen molar-refractivity contribution in [1.29, 1.82) is 0 Å². The van der Waals surface area contributed by atoms with Crippen molar-refractivity contribution in [2.45, 2.75) is 47.1 Å². The van der Waals surface area contributed by atoms with Crippen molar-refractivity contribution < 1.29 is 9.21 Å². The number of anilines is 1. The molecule has 1 aliphatic rings. The molecule has 1 fully saturated rings. The minimum atomic E-state index is -0.0483. The molecule has 29 heavy (non-hydrogen) atoms. The van der Waals surface area contributed by atoms with Crippen LogP contribution in [0.15, 0.2) is 28.7 Å². The van der Waals surface area contributed by atoms with E-state index in [1.165, 1.54) is 5.56 Å². The number of carbonyl (C=O) groups excluding carboxylic acids is 1. The van der Waals surface area contributed by atoms with Crippen LogP contribution < -0.4 is 10.2 Å². The average molecular weight is 393 g/mol. The van der Waals surface area contributed by atoms with Gasteiger partial charge in [0.2, 0.25) is 11.6 Å². The van der Waals surface area contributed by atoms with Gasteiger partial charge in [0.25, 0.3) is 0 Å². The zero-order chi connectivity index (χ0) is 20.5. The molecule has 6 heteroatoms. The van der Waals surface area contributed by atoms with Crippen LogP contribution in [0, 0.1) is 33.6 Å². The molecule has 0 unspecified atom stereocenters. The highest BCUT2D eigenvalue weighted by atomic mass is 16.3. The van der Waals surface area contributed by atoms with Crippen molar-refractivity contribution in [3.8, 4) is 0 Å². The van der Waals surface area contributed by atoms with Gasteiger partial charge < -0.3 is 14.6 Å². The summed E-state index contributed by atoms with van der Waals surface area (Å²) in [4.78, 5) is 24.2. The van der Waals surface area contributed by atoms with Crippen molar-refractivity contribution in [3.63, 3.8) is 0 Å². The van der Waals surface area contributed by atoms with Crippen LogP contribution in [0.5, 0.6) is 0 Å². The minimum Gasteiger partial charge on any atom is -0.443 e. The average Bonchev–Trinajstić information content (AvgIpc) is 3.00. The molecule has 4 rings (SSSR count). The molecule has 1 amide bonds. The van der Waals surface area contributed by atoms with E-state index in [2.05, 4.69) is 46.4 Å². The number of aryl methyl sites for hydroxylation is 4. The topological polar surface area (TPSA) is 71.3 Å². The first-order valence-electron chi connectivity index (χ1n) is 10.2. The summed E-state index contributed by atoms with van der Waals surface area (Å²) in [6.07, 6.45) is 1.86. The van der Waals surface area contributed by atoms with E-state index in [4.69, 9.17) is 9.40 Å². The Labute approximate surface area is 171 Å². The van der Waals surface area contributed by atoms with Crippen LogP contribution in [0.2, 0.25) is 0 Å². The second kappa shape index (κ2) is 7.85. The van der Waals surface area contributed by atoms with Crippen molar-refractivity contribution in [2.24, 2.45) is 5.92 Å². The van der Waals surface area contributed by atoms with E-state index in [1.807, 2.05) is 20.8 Å². The van der Waals surface area contributed by atoms with Gasteiger partial charge in [-0.1, -0.05) is 29.8 Å². The predicted molar refractivity (Wildman–Crippen MR) is 114 cm³/mol. The van der Waals surface area contributed by atoms with Gasteiger partial charge in [-0.05, 0) is 46.1 Å². The van der Waals surface area contributed by atoms with Crippen LogP contribution in [0.1, 0.15) is 41.1 Å². The summed E-state index contributed by atoms with van der Waals surface area (Å²) in [6, 6.07) is 8.27. The Morgan fingerprint density at radius 2 is 1.93 bits per heavy atom. The summed E-state index contributed by atoms with van der Waals surface area (Å²) in [5, 5.41) is 4.07. The third kappa shape index (κ3) is 3.97. The summed E-state index contributed by atoms with van der Waals surface area (Å²) in [5.74, 6) is 2.50. The molecule has 1 saturated heterocycles. The molecule has 2 aromatic heterocycles. The normalized spacial score (nSPS) is 17.0. The highest BCUT2D eigenvalue weighted by molar-refractivity contribution is 5.90. The molecule has 3 heterocycles. The molecule has 1 N–H and O–H groups in total. The van der Waals surface area contributed by atoms with Crippen molar-refractivity contribution in [2.75, 3.05) is 18.0 Å². The number of rotatable bonds is 4. The van der Waals surface area contributed by atoms with Crippen molar-refractivity contribution >= 4 is 22.8 Å². The zero-order valence-electron chi connectivity index (χ0n) is 17.6. The van der Waals surface area contributed by atoms with Gasteiger partial charge in [0, 0.05) is 25.2 Å². The van der Waals surface area contributed by atoms with Gasteiger partial charge in [0.05, 0.1) is 11.3 Å². The number of piperidine rings is 1. The fourth-order valence-electron chi connectivity index (χ4n) is 3.98. The first kappa shape index (κ1) is 19.4. The fourth-order valence-corrected chi connectivity index (χ4v) is 3.98. The zero-order valence-corrected chi connectivity index (χ0v) is 17.6. The summed E-state index contributed by atoms with van der Waals surface area (Å²) in [6.45, 7) is 10.0. The van der Waals surface area contributed by atoms with Gasteiger partial charge in [0.1, 0.15) is 17.4 Å². The van der Waals surface area contributed by atoms with E-state index in [9.17, 15) is 4.79 Å². The van der Waals surface area contributed by atoms with E-state index in [-0.39, 0.29) is 11.8 Å². The summed E-state index contributed by atoms with van der Waals surface area (Å²) >= 11 is 0. The van der Waals surface area contributed by atoms with Gasteiger partial charge in [-0.2, -0.15) is 4.98 Å². The Morgan fingerprint density at radius 3 is 2.69 bits per heavy atom. The Morgan fingerprint density at radius 1 is 1.17 bits per heavy atom. The number of benzene rings is 1. The number of furan rings is 1. The number of fused-ring (bicyclic) bond motifs is 1. The lowest BCUT2D eigenvalue weighted by Crippen LogP contribution is -2.43. The molecule has 0 bridgehead atoms. The van der Waals surface area contributed by atoms with Gasteiger partial charge in [-0.3, -0.25) is 4.79 Å². The maximum atomic E-state index is 12.8. The molecule has 3 aromatic rings. The number of hydrogen-bond acceptors (Lipinski definition) is 5. The second-order valence-electron chi connectivity index (χ2n) is 8.05. The maximum absolute atomic E-state index is 12.8. The lowest BCUT2D eigenvalue weighted by atomic mass is 9.96. The smallest absolute Gasteiger partial charge is 0.231 e. The maximum Gasteiger partial charge on any atom is 0.231 e. The number of nitrogens with one attached hydrogen (secondary N) is 1. The molecule has 0 radical (unpaired) electrons. The summed E-state index contributed by atoms with van der Waals surface area (Å²) in [7, 11) is 0. The molecule has 0 aliphatic carbocycles. The van der Waals surface area contributed by atoms with Crippen LogP contribution in [-0.2, 0) is 11.3 Å². The molecule has 1 atom stereocenters. The van der Waals surface area contributed by atoms with E-state index < -0.39 is 0 Å². The summed E-state index contributed by atoms with van der Waals surface area (Å²) in [5.41, 5.74) is 4.04. The van der Waals surface area contributed by atoms with Gasteiger partial charge in [-0.15, -0.1) is 0 Å². The molecule has 152 valence electrons. The largest absolute Gasteiger partial charge is 0.443 e. The number of aromatic nitrogens is 2. The van der Waals surface area contributed by atoms with Crippen LogP contribution in [0.25, 0.3) is 11.1 Å². The molecule has 6 nitrogen and oxygen atoms in total. The number of amides is 1. The van der Waals surface area contributed by atoms with Crippen LogP contribution in [0.4, 0.5) is 5.82 Å². The Hall–Kier alpha value is -2.89. The second-order valence-corrected chi connectivity index (χ2v) is 8.05. The first-order valence-corrected chi connectivity index (χ1v) is 10.2. The molecule has 1 aliphatic heterocycles. The van der Waals surface area contributed by atoms with Crippen LogP contribution in [0.3, 0.4) is 0 Å². The molecule has 0 spiro atoms. The van der Waals surface area contributed by atoms with Crippen molar-refractivity contribution in [3.05, 3.63) is 52.5 Å². The van der Waals surface area contributed by atoms with Crippen molar-refractivity contribution in [1.82, 2.24) is 15.3 Å². The van der Waals surface area contributed by atoms with Gasteiger partial charge >= 0.3 is 0 Å². The minimum absolute atomic E-state index is 0.0483. The number of nitrogens with zero attached hydrogens (tertiary/aromatic N) is 3. The van der Waals surface area contributed by atoms with E-state index >= 15 is 0 Å².